The third-order valence-corrected chi connectivity index (χ3v) is 4.83. The Morgan fingerprint density at radius 2 is 1.70 bits per heavy atom. The fourth-order valence-electron chi connectivity index (χ4n) is 3.09. The van der Waals surface area contributed by atoms with E-state index >= 15 is 0 Å². The van der Waals surface area contributed by atoms with E-state index < -0.39 is 0 Å². The zero-order valence-electron chi connectivity index (χ0n) is 13.5. The predicted octanol–water partition coefficient (Wildman–Crippen LogP) is 2.64. The molecule has 3 nitrogen and oxygen atoms in total. The lowest BCUT2D eigenvalue weighted by atomic mass is 9.95. The van der Waals surface area contributed by atoms with E-state index in [1.165, 1.54) is 58.2 Å². The van der Waals surface area contributed by atoms with Crippen LogP contribution in [0.15, 0.2) is 0 Å². The molecule has 1 atom stereocenters. The van der Waals surface area contributed by atoms with Gasteiger partial charge in [0.15, 0.2) is 0 Å². The van der Waals surface area contributed by atoms with Gasteiger partial charge >= 0.3 is 0 Å². The first-order chi connectivity index (χ1) is 9.65. The molecule has 3 heteroatoms. The number of nitrogens with zero attached hydrogens (tertiary/aromatic N) is 1. The zero-order valence-corrected chi connectivity index (χ0v) is 13.5. The molecule has 0 aliphatic heterocycles. The molecule has 1 unspecified atom stereocenters. The summed E-state index contributed by atoms with van der Waals surface area (Å²) < 4.78 is 0. The maximum Gasteiger partial charge on any atom is 0.0610 e. The first kappa shape index (κ1) is 16.3. The van der Waals surface area contributed by atoms with Crippen molar-refractivity contribution in [1.29, 1.82) is 0 Å². The maximum absolute atomic E-state index is 9.51. The van der Waals surface area contributed by atoms with Gasteiger partial charge in [-0.25, -0.2) is 0 Å². The second-order valence-corrected chi connectivity index (χ2v) is 7.35. The monoisotopic (exact) mass is 282 g/mol. The molecule has 0 aromatic rings. The van der Waals surface area contributed by atoms with Gasteiger partial charge in [0.05, 0.1) is 6.61 Å². The Bertz CT molecular complexity index is 262. The van der Waals surface area contributed by atoms with Crippen LogP contribution >= 0.6 is 0 Å². The quantitative estimate of drug-likeness (QED) is 0.540. The molecule has 2 aliphatic carbocycles. The Balaban J connectivity index is 1.61. The fraction of sp³-hybridized carbons (Fsp3) is 1.00. The van der Waals surface area contributed by atoms with Crippen LogP contribution in [0.5, 0.6) is 0 Å². The van der Waals surface area contributed by atoms with Crippen molar-refractivity contribution in [3.8, 4) is 0 Å². The minimum absolute atomic E-state index is 0.0768. The lowest BCUT2D eigenvalue weighted by Crippen LogP contribution is -2.45. The molecule has 2 rings (SSSR count). The highest BCUT2D eigenvalue weighted by atomic mass is 16.3. The molecule has 0 spiro atoms. The molecule has 20 heavy (non-hydrogen) atoms. The van der Waals surface area contributed by atoms with E-state index in [2.05, 4.69) is 24.1 Å². The van der Waals surface area contributed by atoms with Crippen LogP contribution in [0.1, 0.15) is 58.8 Å². The first-order valence-corrected chi connectivity index (χ1v) is 8.73. The second-order valence-electron chi connectivity index (χ2n) is 7.35. The van der Waals surface area contributed by atoms with Crippen molar-refractivity contribution in [2.45, 2.75) is 64.3 Å². The lowest BCUT2D eigenvalue weighted by Gasteiger charge is -2.29. The van der Waals surface area contributed by atoms with E-state index in [0.717, 1.165) is 24.8 Å². The number of aliphatic hydroxyl groups is 1. The van der Waals surface area contributed by atoms with Crippen LogP contribution in [0.25, 0.3) is 0 Å². The maximum atomic E-state index is 9.51. The summed E-state index contributed by atoms with van der Waals surface area (Å²) in [7, 11) is 0. The Labute approximate surface area is 125 Å². The molecular weight excluding hydrogens is 248 g/mol. The minimum atomic E-state index is -0.0768. The normalized spacial score (nSPS) is 22.2. The zero-order chi connectivity index (χ0) is 14.4. The number of hydrogen-bond donors (Lipinski definition) is 2. The molecule has 0 radical (unpaired) electrons. The SMILES string of the molecule is CCNC(C)(CO)CCCCN(CC1CC1)CC1CC1. The van der Waals surface area contributed by atoms with E-state index in [0.29, 0.717) is 0 Å². The summed E-state index contributed by atoms with van der Waals surface area (Å²) in [5, 5.41) is 12.9. The Hall–Kier alpha value is -0.120. The molecule has 0 heterocycles. The highest BCUT2D eigenvalue weighted by Gasteiger charge is 2.29. The minimum Gasteiger partial charge on any atom is -0.394 e. The molecule has 2 aliphatic rings. The van der Waals surface area contributed by atoms with Gasteiger partial charge in [-0.3, -0.25) is 0 Å². The highest BCUT2D eigenvalue weighted by Crippen LogP contribution is 2.33. The number of unbranched alkanes of at least 4 members (excludes halogenated alkanes) is 1. The lowest BCUT2D eigenvalue weighted by molar-refractivity contribution is 0.161. The van der Waals surface area contributed by atoms with Crippen molar-refractivity contribution in [3.63, 3.8) is 0 Å². The van der Waals surface area contributed by atoms with Gasteiger partial charge in [-0.05, 0) is 70.4 Å². The van der Waals surface area contributed by atoms with Crippen LogP contribution in [0, 0.1) is 11.8 Å². The summed E-state index contributed by atoms with van der Waals surface area (Å²) in [6.07, 6.45) is 9.43. The number of nitrogens with one attached hydrogen (secondary N) is 1. The van der Waals surface area contributed by atoms with E-state index in [1.807, 2.05) is 0 Å². The van der Waals surface area contributed by atoms with E-state index in [-0.39, 0.29) is 12.1 Å². The standard InChI is InChI=1S/C17H34N2O/c1-3-18-17(2,14-20)10-4-5-11-19(12-15-6-7-15)13-16-8-9-16/h15-16,18,20H,3-14H2,1-2H3. The largest absolute Gasteiger partial charge is 0.394 e. The third kappa shape index (κ3) is 6.11. The Morgan fingerprint density at radius 3 is 2.15 bits per heavy atom. The number of aliphatic hydroxyl groups excluding tert-OH is 1. The topological polar surface area (TPSA) is 35.5 Å². The summed E-state index contributed by atoms with van der Waals surface area (Å²) in [5.41, 5.74) is -0.0768. The van der Waals surface area contributed by atoms with Gasteiger partial charge in [0.2, 0.25) is 0 Å². The van der Waals surface area contributed by atoms with E-state index in [9.17, 15) is 5.11 Å². The van der Waals surface area contributed by atoms with Gasteiger partial charge < -0.3 is 15.3 Å². The van der Waals surface area contributed by atoms with Crippen molar-refractivity contribution in [2.24, 2.45) is 11.8 Å². The molecule has 2 fully saturated rings. The third-order valence-electron chi connectivity index (χ3n) is 4.83. The van der Waals surface area contributed by atoms with E-state index in [1.54, 1.807) is 0 Å². The molecule has 2 N–H and O–H groups in total. The highest BCUT2D eigenvalue weighted by molar-refractivity contribution is 4.84. The molecule has 0 amide bonds. The van der Waals surface area contributed by atoms with Gasteiger partial charge in [0.1, 0.15) is 0 Å². The summed E-state index contributed by atoms with van der Waals surface area (Å²) in [6.45, 7) is 9.40. The Kier molecular flexibility index (Phi) is 6.31. The summed E-state index contributed by atoms with van der Waals surface area (Å²) in [5.74, 6) is 2.02. The van der Waals surface area contributed by atoms with E-state index in [4.69, 9.17) is 0 Å². The predicted molar refractivity (Wildman–Crippen MR) is 84.9 cm³/mol. The number of hydrogen-bond acceptors (Lipinski definition) is 3. The van der Waals surface area contributed by atoms with Crippen molar-refractivity contribution < 1.29 is 5.11 Å². The average molecular weight is 282 g/mol. The second kappa shape index (κ2) is 7.77. The van der Waals surface area contributed by atoms with Gasteiger partial charge in [-0.2, -0.15) is 0 Å². The van der Waals surface area contributed by atoms with Crippen LogP contribution in [-0.4, -0.2) is 48.3 Å². The van der Waals surface area contributed by atoms with Crippen LogP contribution in [-0.2, 0) is 0 Å². The van der Waals surface area contributed by atoms with Crippen LogP contribution in [0.2, 0.25) is 0 Å². The average Bonchev–Trinajstić information content (AvgIpc) is 3.31. The van der Waals surface area contributed by atoms with Crippen LogP contribution in [0.3, 0.4) is 0 Å². The van der Waals surface area contributed by atoms with Crippen molar-refractivity contribution >= 4 is 0 Å². The Morgan fingerprint density at radius 1 is 1.10 bits per heavy atom. The number of rotatable bonds is 12. The molecule has 118 valence electrons. The molecule has 0 bridgehead atoms. The van der Waals surface area contributed by atoms with Gasteiger partial charge in [-0.15, -0.1) is 0 Å². The molecule has 0 aromatic carbocycles. The van der Waals surface area contributed by atoms with Crippen molar-refractivity contribution in [1.82, 2.24) is 10.2 Å². The fourth-order valence-corrected chi connectivity index (χ4v) is 3.09. The molecular formula is C17H34N2O. The van der Waals surface area contributed by atoms with Crippen molar-refractivity contribution in [2.75, 3.05) is 32.8 Å². The van der Waals surface area contributed by atoms with Crippen LogP contribution < -0.4 is 5.32 Å². The van der Waals surface area contributed by atoms with Gasteiger partial charge in [0.25, 0.3) is 0 Å². The molecule has 2 saturated carbocycles. The molecule has 0 saturated heterocycles. The first-order valence-electron chi connectivity index (χ1n) is 8.73. The van der Waals surface area contributed by atoms with Gasteiger partial charge in [-0.1, -0.05) is 13.3 Å². The van der Waals surface area contributed by atoms with Gasteiger partial charge in [0, 0.05) is 18.6 Å². The summed E-state index contributed by atoms with van der Waals surface area (Å²) in [6, 6.07) is 0. The van der Waals surface area contributed by atoms with Crippen LogP contribution in [0.4, 0.5) is 0 Å². The smallest absolute Gasteiger partial charge is 0.0610 e. The number of likely N-dealkylation sites (N-methyl/N-ethyl adjacent to an activating group) is 1. The summed E-state index contributed by atoms with van der Waals surface area (Å²) >= 11 is 0. The molecule has 0 aromatic heterocycles. The summed E-state index contributed by atoms with van der Waals surface area (Å²) in [4.78, 5) is 2.72. The van der Waals surface area contributed by atoms with Crippen molar-refractivity contribution in [3.05, 3.63) is 0 Å².